The van der Waals surface area contributed by atoms with Gasteiger partial charge >= 0.3 is 6.03 Å². The fourth-order valence-electron chi connectivity index (χ4n) is 6.28. The van der Waals surface area contributed by atoms with Crippen LogP contribution in [0.25, 0.3) is 10.8 Å². The van der Waals surface area contributed by atoms with Crippen LogP contribution in [0.5, 0.6) is 0 Å². The number of urea groups is 1. The zero-order valence-electron chi connectivity index (χ0n) is 28.8. The first-order valence-corrected chi connectivity index (χ1v) is 17.6. The zero-order chi connectivity index (χ0) is 32.6. The third kappa shape index (κ3) is 11.4. The smallest absolute Gasteiger partial charge is 0.318 e. The summed E-state index contributed by atoms with van der Waals surface area (Å²) in [7, 11) is 0. The molecule has 8 nitrogen and oxygen atoms in total. The van der Waals surface area contributed by atoms with Crippen LogP contribution in [0.2, 0.25) is 0 Å². The van der Waals surface area contributed by atoms with Gasteiger partial charge in [-0.25, -0.2) is 4.79 Å². The van der Waals surface area contributed by atoms with Gasteiger partial charge < -0.3 is 25.2 Å². The summed E-state index contributed by atoms with van der Waals surface area (Å²) in [6.45, 7) is 22.8. The monoisotopic (exact) mass is 630 g/mol. The van der Waals surface area contributed by atoms with Crippen molar-refractivity contribution >= 4 is 16.8 Å². The van der Waals surface area contributed by atoms with Gasteiger partial charge in [-0.1, -0.05) is 87.5 Å². The number of nitrogens with zero attached hydrogens (tertiary/aromatic N) is 4. The van der Waals surface area contributed by atoms with E-state index in [0.29, 0.717) is 13.1 Å². The van der Waals surface area contributed by atoms with Gasteiger partial charge in [-0.15, -0.1) is 0 Å². The minimum Gasteiger partial charge on any atom is -0.379 e. The van der Waals surface area contributed by atoms with Crippen LogP contribution in [0.3, 0.4) is 0 Å². The van der Waals surface area contributed by atoms with E-state index in [1.165, 1.54) is 16.3 Å². The molecule has 0 spiro atoms. The Bertz CT molecular complexity index is 1290. The Hall–Kier alpha value is -3.01. The summed E-state index contributed by atoms with van der Waals surface area (Å²) in [6.07, 6.45) is 0.932. The summed E-state index contributed by atoms with van der Waals surface area (Å²) >= 11 is 0. The first-order valence-electron chi connectivity index (χ1n) is 17.6. The maximum Gasteiger partial charge on any atom is 0.318 e. The SMILES string of the molecule is CCNCCN(CCN(CC)CC)Cc1ccc(CN(CCCN2CCOCC2)C(=O)NC(C)c2cccc3ccccc23)cc1. The van der Waals surface area contributed by atoms with Crippen molar-refractivity contribution in [1.82, 2.24) is 30.2 Å². The largest absolute Gasteiger partial charge is 0.379 e. The van der Waals surface area contributed by atoms with E-state index in [-0.39, 0.29) is 12.1 Å². The van der Waals surface area contributed by atoms with Gasteiger partial charge in [0.25, 0.3) is 0 Å². The molecule has 0 radical (unpaired) electrons. The number of hydrogen-bond donors (Lipinski definition) is 2. The number of rotatable bonds is 19. The third-order valence-corrected chi connectivity index (χ3v) is 9.21. The highest BCUT2D eigenvalue weighted by Gasteiger charge is 2.19. The Morgan fingerprint density at radius 1 is 0.826 bits per heavy atom. The van der Waals surface area contributed by atoms with E-state index in [0.717, 1.165) is 103 Å². The van der Waals surface area contributed by atoms with Crippen molar-refractivity contribution in [1.29, 1.82) is 0 Å². The van der Waals surface area contributed by atoms with Crippen molar-refractivity contribution in [3.05, 3.63) is 83.4 Å². The van der Waals surface area contributed by atoms with Crippen molar-refractivity contribution < 1.29 is 9.53 Å². The molecule has 2 amide bonds. The van der Waals surface area contributed by atoms with Gasteiger partial charge in [0, 0.05) is 65.4 Å². The van der Waals surface area contributed by atoms with Crippen LogP contribution in [0.15, 0.2) is 66.7 Å². The summed E-state index contributed by atoms with van der Waals surface area (Å²) in [6, 6.07) is 23.5. The fraction of sp³-hybridized carbons (Fsp3) is 0.553. The molecular weight excluding hydrogens is 572 g/mol. The molecule has 1 aliphatic heterocycles. The molecule has 1 aliphatic rings. The third-order valence-electron chi connectivity index (χ3n) is 9.21. The average molecular weight is 631 g/mol. The van der Waals surface area contributed by atoms with Crippen molar-refractivity contribution in [3.8, 4) is 0 Å². The Labute approximate surface area is 278 Å². The lowest BCUT2D eigenvalue weighted by atomic mass is 10.00. The predicted molar refractivity (Wildman–Crippen MR) is 191 cm³/mol. The minimum absolute atomic E-state index is 0.0162. The van der Waals surface area contributed by atoms with Crippen LogP contribution < -0.4 is 10.6 Å². The van der Waals surface area contributed by atoms with E-state index >= 15 is 0 Å². The second-order valence-corrected chi connectivity index (χ2v) is 12.4. The number of likely N-dealkylation sites (N-methyl/N-ethyl adjacent to an activating group) is 2. The summed E-state index contributed by atoms with van der Waals surface area (Å²) in [4.78, 5) is 23.3. The van der Waals surface area contributed by atoms with Gasteiger partial charge in [0.1, 0.15) is 0 Å². The molecule has 0 aliphatic carbocycles. The Kier molecular flexibility index (Phi) is 15.3. The zero-order valence-corrected chi connectivity index (χ0v) is 28.8. The van der Waals surface area contributed by atoms with Crippen molar-refractivity contribution in [2.24, 2.45) is 0 Å². The molecule has 3 aromatic carbocycles. The Balaban J connectivity index is 1.41. The average Bonchev–Trinajstić information content (AvgIpc) is 3.09. The lowest BCUT2D eigenvalue weighted by molar-refractivity contribution is 0.0364. The first kappa shape index (κ1) is 35.8. The van der Waals surface area contributed by atoms with Crippen molar-refractivity contribution in [2.45, 2.75) is 53.2 Å². The Morgan fingerprint density at radius 3 is 2.22 bits per heavy atom. The van der Waals surface area contributed by atoms with E-state index in [4.69, 9.17) is 4.74 Å². The number of hydrogen-bond acceptors (Lipinski definition) is 6. The standard InChI is InChI=1S/C38H58N6O2/c1-5-39-20-23-43(25-24-41(6-2)7-3)30-33-16-18-34(19-17-33)31-44(22-11-21-42-26-28-46-29-27-42)38(45)40-32(4)36-15-10-13-35-12-8-9-14-37(35)36/h8-10,12-19,32,39H,5-7,11,20-31H2,1-4H3,(H,40,45). The summed E-state index contributed by atoms with van der Waals surface area (Å²) in [5, 5.41) is 9.19. The number of amides is 2. The summed E-state index contributed by atoms with van der Waals surface area (Å²) in [5.41, 5.74) is 3.61. The molecule has 0 saturated carbocycles. The van der Waals surface area contributed by atoms with Crippen LogP contribution >= 0.6 is 0 Å². The second-order valence-electron chi connectivity index (χ2n) is 12.4. The maximum atomic E-state index is 13.8. The highest BCUT2D eigenvalue weighted by atomic mass is 16.5. The van der Waals surface area contributed by atoms with Gasteiger partial charge in [0.15, 0.2) is 0 Å². The molecular formula is C38H58N6O2. The molecule has 46 heavy (non-hydrogen) atoms. The van der Waals surface area contributed by atoms with Gasteiger partial charge in [0.2, 0.25) is 0 Å². The molecule has 2 N–H and O–H groups in total. The van der Waals surface area contributed by atoms with E-state index in [9.17, 15) is 4.79 Å². The number of morpholine rings is 1. The molecule has 1 atom stereocenters. The van der Waals surface area contributed by atoms with Crippen LogP contribution in [0.4, 0.5) is 4.79 Å². The molecule has 4 rings (SSSR count). The van der Waals surface area contributed by atoms with Crippen LogP contribution in [0.1, 0.15) is 56.8 Å². The van der Waals surface area contributed by atoms with Gasteiger partial charge in [-0.05, 0) is 60.4 Å². The molecule has 1 fully saturated rings. The van der Waals surface area contributed by atoms with Crippen LogP contribution in [-0.4, -0.2) is 111 Å². The van der Waals surface area contributed by atoms with E-state index in [1.807, 2.05) is 4.90 Å². The van der Waals surface area contributed by atoms with Gasteiger partial charge in [-0.2, -0.15) is 0 Å². The number of benzene rings is 3. The number of ether oxygens (including phenoxy) is 1. The molecule has 1 saturated heterocycles. The van der Waals surface area contributed by atoms with Gasteiger partial charge in [0.05, 0.1) is 19.3 Å². The molecule has 0 bridgehead atoms. The minimum atomic E-state index is -0.104. The van der Waals surface area contributed by atoms with Crippen LogP contribution in [0, 0.1) is 0 Å². The normalized spacial score (nSPS) is 14.7. The van der Waals surface area contributed by atoms with Crippen molar-refractivity contribution in [3.63, 3.8) is 0 Å². The molecule has 1 unspecified atom stereocenters. The topological polar surface area (TPSA) is 63.3 Å². The molecule has 1 heterocycles. The number of nitrogens with one attached hydrogen (secondary N) is 2. The van der Waals surface area contributed by atoms with Gasteiger partial charge in [-0.3, -0.25) is 9.80 Å². The van der Waals surface area contributed by atoms with Crippen molar-refractivity contribution in [2.75, 3.05) is 85.2 Å². The quantitative estimate of drug-likeness (QED) is 0.169. The van der Waals surface area contributed by atoms with E-state index in [2.05, 4.69) is 120 Å². The number of fused-ring (bicyclic) bond motifs is 1. The lowest BCUT2D eigenvalue weighted by Crippen LogP contribution is -2.43. The predicted octanol–water partition coefficient (Wildman–Crippen LogP) is 5.59. The molecule has 0 aromatic heterocycles. The number of carbonyl (C=O) groups is 1. The lowest BCUT2D eigenvalue weighted by Gasteiger charge is -2.29. The van der Waals surface area contributed by atoms with E-state index in [1.54, 1.807) is 0 Å². The second kappa shape index (κ2) is 19.6. The number of carbonyl (C=O) groups excluding carboxylic acids is 1. The fourth-order valence-corrected chi connectivity index (χ4v) is 6.28. The summed E-state index contributed by atoms with van der Waals surface area (Å²) in [5.74, 6) is 0. The Morgan fingerprint density at radius 2 is 1.50 bits per heavy atom. The maximum absolute atomic E-state index is 13.8. The van der Waals surface area contributed by atoms with Crippen LogP contribution in [-0.2, 0) is 17.8 Å². The highest BCUT2D eigenvalue weighted by Crippen LogP contribution is 2.24. The first-order chi connectivity index (χ1) is 22.5. The molecule has 252 valence electrons. The highest BCUT2D eigenvalue weighted by molar-refractivity contribution is 5.86. The molecule has 8 heteroatoms. The summed E-state index contributed by atoms with van der Waals surface area (Å²) < 4.78 is 5.53. The molecule has 3 aromatic rings. The van der Waals surface area contributed by atoms with E-state index < -0.39 is 0 Å².